The maximum atomic E-state index is 12.4. The van der Waals surface area contributed by atoms with Gasteiger partial charge in [-0.3, -0.25) is 9.59 Å². The molecule has 4 atom stereocenters. The predicted molar refractivity (Wildman–Crippen MR) is 105 cm³/mol. The van der Waals surface area contributed by atoms with Crippen LogP contribution in [0.2, 0.25) is 0 Å². The number of nitrogens with one attached hydrogen (secondary N) is 2. The van der Waals surface area contributed by atoms with E-state index in [2.05, 4.69) is 29.8 Å². The molecular weight excluding hydrogens is 326 g/mol. The lowest BCUT2D eigenvalue weighted by Gasteiger charge is -2.33. The third-order valence-corrected chi connectivity index (χ3v) is 5.89. The highest BCUT2D eigenvalue weighted by Crippen LogP contribution is 2.27. The number of aryl methyl sites for hydroxylation is 2. The Hall–Kier alpha value is -1.88. The standard InChI is InChI=1S/C21H33N3O2/c1-13-8-7-11-18(16(13)4)23-17(5)21(26)22-12-19(25)24-20-14(2)9-6-10-15(20)3/h6,9-10,13,16-18,23H,7-8,11-12H2,1-5H3,(H,22,26)(H,24,25)/p+1/t13-,16-,17+,18-/m0/s1. The molecule has 4 N–H and O–H groups in total. The summed E-state index contributed by atoms with van der Waals surface area (Å²) in [5.41, 5.74) is 2.87. The minimum atomic E-state index is -0.192. The van der Waals surface area contributed by atoms with Gasteiger partial charge in [-0.1, -0.05) is 32.0 Å². The maximum absolute atomic E-state index is 12.4. The lowest BCUT2D eigenvalue weighted by atomic mass is 9.78. The van der Waals surface area contributed by atoms with Crippen molar-refractivity contribution < 1.29 is 14.9 Å². The second kappa shape index (κ2) is 9.17. The highest BCUT2D eigenvalue weighted by molar-refractivity contribution is 5.96. The number of amides is 2. The average molecular weight is 361 g/mol. The van der Waals surface area contributed by atoms with Crippen LogP contribution < -0.4 is 16.0 Å². The van der Waals surface area contributed by atoms with Gasteiger partial charge in [0.2, 0.25) is 5.91 Å². The summed E-state index contributed by atoms with van der Waals surface area (Å²) in [7, 11) is 0. The second-order valence-corrected chi connectivity index (χ2v) is 7.95. The van der Waals surface area contributed by atoms with Crippen LogP contribution in [-0.2, 0) is 9.59 Å². The van der Waals surface area contributed by atoms with Crippen LogP contribution in [0.3, 0.4) is 0 Å². The predicted octanol–water partition coefficient (Wildman–Crippen LogP) is 2.13. The molecule has 2 amide bonds. The average Bonchev–Trinajstić information content (AvgIpc) is 2.60. The van der Waals surface area contributed by atoms with E-state index in [-0.39, 0.29) is 24.4 Å². The first-order chi connectivity index (χ1) is 12.3. The zero-order valence-electron chi connectivity index (χ0n) is 16.8. The first kappa shape index (κ1) is 20.4. The van der Waals surface area contributed by atoms with Crippen molar-refractivity contribution >= 4 is 17.5 Å². The Morgan fingerprint density at radius 2 is 1.85 bits per heavy atom. The molecular formula is C21H34N3O2+. The van der Waals surface area contributed by atoms with Crippen LogP contribution in [0.1, 0.15) is 51.2 Å². The first-order valence-corrected chi connectivity index (χ1v) is 9.78. The van der Waals surface area contributed by atoms with E-state index in [0.29, 0.717) is 17.9 Å². The van der Waals surface area contributed by atoms with E-state index in [0.717, 1.165) is 23.2 Å². The van der Waals surface area contributed by atoms with Crippen molar-refractivity contribution in [2.45, 2.75) is 66.0 Å². The van der Waals surface area contributed by atoms with Gasteiger partial charge in [0.05, 0.1) is 12.6 Å². The monoisotopic (exact) mass is 360 g/mol. The van der Waals surface area contributed by atoms with E-state index in [1.54, 1.807) is 0 Å². The van der Waals surface area contributed by atoms with Gasteiger partial charge in [0.25, 0.3) is 5.91 Å². The van der Waals surface area contributed by atoms with E-state index in [1.165, 1.54) is 12.8 Å². The molecule has 1 fully saturated rings. The van der Waals surface area contributed by atoms with Gasteiger partial charge in [0.15, 0.2) is 6.04 Å². The number of carbonyl (C=O) groups excluding carboxylic acids is 2. The Balaban J connectivity index is 1.81. The summed E-state index contributed by atoms with van der Waals surface area (Å²) < 4.78 is 0. The molecule has 1 aromatic rings. The van der Waals surface area contributed by atoms with Crippen molar-refractivity contribution in [2.75, 3.05) is 11.9 Å². The molecule has 1 aliphatic rings. The van der Waals surface area contributed by atoms with Gasteiger partial charge in [-0.25, -0.2) is 0 Å². The normalized spacial score (nSPS) is 24.0. The maximum Gasteiger partial charge on any atom is 0.278 e. The van der Waals surface area contributed by atoms with Gasteiger partial charge < -0.3 is 16.0 Å². The Kier molecular flexibility index (Phi) is 7.21. The molecule has 0 unspecified atom stereocenters. The number of hydrogen-bond donors (Lipinski definition) is 3. The Labute approximate surface area is 157 Å². The summed E-state index contributed by atoms with van der Waals surface area (Å²) in [6.07, 6.45) is 3.68. The first-order valence-electron chi connectivity index (χ1n) is 9.78. The number of nitrogens with two attached hydrogens (primary N) is 1. The number of benzene rings is 1. The van der Waals surface area contributed by atoms with Crippen LogP contribution in [0.5, 0.6) is 0 Å². The fraction of sp³-hybridized carbons (Fsp3) is 0.619. The van der Waals surface area contributed by atoms with Crippen LogP contribution in [0, 0.1) is 25.7 Å². The van der Waals surface area contributed by atoms with E-state index >= 15 is 0 Å². The molecule has 1 aromatic carbocycles. The lowest BCUT2D eigenvalue weighted by Crippen LogP contribution is -2.98. The molecule has 2 rings (SSSR count). The van der Waals surface area contributed by atoms with E-state index in [9.17, 15) is 9.59 Å². The van der Waals surface area contributed by atoms with E-state index in [1.807, 2.05) is 39.0 Å². The van der Waals surface area contributed by atoms with Crippen molar-refractivity contribution in [3.05, 3.63) is 29.3 Å². The van der Waals surface area contributed by atoms with E-state index in [4.69, 9.17) is 0 Å². The molecule has 0 spiro atoms. The smallest absolute Gasteiger partial charge is 0.278 e. The molecule has 0 aliphatic heterocycles. The zero-order chi connectivity index (χ0) is 19.3. The Morgan fingerprint density at radius 1 is 1.19 bits per heavy atom. The third-order valence-electron chi connectivity index (χ3n) is 5.89. The quantitative estimate of drug-likeness (QED) is 0.727. The SMILES string of the molecule is Cc1cccc(C)c1NC(=O)CNC(=O)[C@@H](C)[NH2+][C@H]1CCC[C@H](C)[C@@H]1C. The van der Waals surface area contributed by atoms with Gasteiger partial charge in [-0.05, 0) is 57.1 Å². The minimum Gasteiger partial charge on any atom is -0.342 e. The molecule has 0 radical (unpaired) electrons. The van der Waals surface area contributed by atoms with Crippen LogP contribution in [-0.4, -0.2) is 30.4 Å². The van der Waals surface area contributed by atoms with Gasteiger partial charge in [0, 0.05) is 11.6 Å². The molecule has 0 heterocycles. The molecule has 26 heavy (non-hydrogen) atoms. The van der Waals surface area contributed by atoms with Crippen LogP contribution in [0.4, 0.5) is 5.69 Å². The van der Waals surface area contributed by atoms with Crippen LogP contribution >= 0.6 is 0 Å². The van der Waals surface area contributed by atoms with Gasteiger partial charge in [0.1, 0.15) is 0 Å². The summed E-state index contributed by atoms with van der Waals surface area (Å²) in [5, 5.41) is 7.86. The third kappa shape index (κ3) is 5.31. The largest absolute Gasteiger partial charge is 0.342 e. The van der Waals surface area contributed by atoms with Crippen LogP contribution in [0.15, 0.2) is 18.2 Å². The second-order valence-electron chi connectivity index (χ2n) is 7.95. The number of rotatable bonds is 6. The topological polar surface area (TPSA) is 74.8 Å². The highest BCUT2D eigenvalue weighted by atomic mass is 16.2. The Bertz CT molecular complexity index is 624. The van der Waals surface area contributed by atoms with Crippen LogP contribution in [0.25, 0.3) is 0 Å². The van der Waals surface area contributed by atoms with Gasteiger partial charge >= 0.3 is 0 Å². The molecule has 5 heteroatoms. The van der Waals surface area contributed by atoms with Crippen molar-refractivity contribution in [3.8, 4) is 0 Å². The summed E-state index contributed by atoms with van der Waals surface area (Å²) in [5.74, 6) is 1.06. The van der Waals surface area contributed by atoms with Gasteiger partial charge in [-0.2, -0.15) is 0 Å². The lowest BCUT2D eigenvalue weighted by molar-refractivity contribution is -0.715. The molecule has 0 aromatic heterocycles. The number of hydrogen-bond acceptors (Lipinski definition) is 2. The zero-order valence-corrected chi connectivity index (χ0v) is 16.8. The number of carbonyl (C=O) groups is 2. The van der Waals surface area contributed by atoms with Crippen molar-refractivity contribution in [1.29, 1.82) is 0 Å². The molecule has 0 bridgehead atoms. The summed E-state index contributed by atoms with van der Waals surface area (Å²) >= 11 is 0. The number of para-hydroxylation sites is 1. The molecule has 1 saturated carbocycles. The Morgan fingerprint density at radius 3 is 2.50 bits per heavy atom. The number of quaternary nitrogens is 1. The minimum absolute atomic E-state index is 0.00140. The van der Waals surface area contributed by atoms with Crippen molar-refractivity contribution in [2.24, 2.45) is 11.8 Å². The fourth-order valence-corrected chi connectivity index (χ4v) is 3.88. The summed E-state index contributed by atoms with van der Waals surface area (Å²) in [4.78, 5) is 24.6. The summed E-state index contributed by atoms with van der Waals surface area (Å²) in [6, 6.07) is 6.20. The molecule has 5 nitrogen and oxygen atoms in total. The summed E-state index contributed by atoms with van der Waals surface area (Å²) in [6.45, 7) is 10.4. The fourth-order valence-electron chi connectivity index (χ4n) is 3.88. The highest BCUT2D eigenvalue weighted by Gasteiger charge is 2.32. The number of anilines is 1. The molecule has 0 saturated heterocycles. The van der Waals surface area contributed by atoms with Crippen molar-refractivity contribution in [3.63, 3.8) is 0 Å². The van der Waals surface area contributed by atoms with Gasteiger partial charge in [-0.15, -0.1) is 0 Å². The van der Waals surface area contributed by atoms with E-state index < -0.39 is 0 Å². The molecule has 1 aliphatic carbocycles. The van der Waals surface area contributed by atoms with Crippen molar-refractivity contribution in [1.82, 2.24) is 5.32 Å². The molecule has 144 valence electrons.